The highest BCUT2D eigenvalue weighted by Gasteiger charge is 2.17. The van der Waals surface area contributed by atoms with Gasteiger partial charge in [0, 0.05) is 36.8 Å². The highest BCUT2D eigenvalue weighted by Crippen LogP contribution is 2.21. The second kappa shape index (κ2) is 12.5. The van der Waals surface area contributed by atoms with Crippen LogP contribution in [0.15, 0.2) is 70.6 Å². The smallest absolute Gasteiger partial charge is 0.245 e. The van der Waals surface area contributed by atoms with Gasteiger partial charge in [-0.05, 0) is 49.7 Å². The molecule has 11 heteroatoms. The predicted molar refractivity (Wildman–Crippen MR) is 146 cm³/mol. The Bertz CT molecular complexity index is 1320. The zero-order chi connectivity index (χ0) is 26.0. The number of pyridine rings is 1. The maximum atomic E-state index is 14.2. The van der Waals surface area contributed by atoms with E-state index in [-0.39, 0.29) is 11.8 Å². The first-order chi connectivity index (χ1) is 18.1. The lowest BCUT2D eigenvalue weighted by molar-refractivity contribution is 0.122. The van der Waals surface area contributed by atoms with E-state index in [1.807, 2.05) is 49.1 Å². The molecule has 0 spiro atoms. The first-order valence-electron chi connectivity index (χ1n) is 11.7. The van der Waals surface area contributed by atoms with Gasteiger partial charge in [-0.25, -0.2) is 24.8 Å². The minimum absolute atomic E-state index is 0.194. The number of nitrogens with one attached hydrogen (secondary N) is 2. The Labute approximate surface area is 214 Å². The monoisotopic (exact) mass is 501 g/mol. The maximum Gasteiger partial charge on any atom is 0.245 e. The SMILES string of the molecule is C=CN=C(N=CC)c1cc(C)cc(Nc2ccc(/C=N/Nc3ncc(F)c(N4CCOCC4)n3)nc2)c1. The number of hydrogen-bond donors (Lipinski definition) is 2. The van der Waals surface area contributed by atoms with Crippen LogP contribution in [0.1, 0.15) is 23.7 Å². The molecule has 0 amide bonds. The molecule has 0 atom stereocenters. The van der Waals surface area contributed by atoms with Crippen LogP contribution in [0, 0.1) is 12.7 Å². The number of amidine groups is 1. The van der Waals surface area contributed by atoms with Crippen LogP contribution in [0.25, 0.3) is 0 Å². The van der Waals surface area contributed by atoms with Crippen LogP contribution < -0.4 is 15.6 Å². The molecule has 4 rings (SSSR count). The maximum absolute atomic E-state index is 14.2. The van der Waals surface area contributed by atoms with Crippen LogP contribution in [0.3, 0.4) is 0 Å². The summed E-state index contributed by atoms with van der Waals surface area (Å²) in [6.45, 7) is 9.72. The third kappa shape index (κ3) is 7.01. The van der Waals surface area contributed by atoms with E-state index < -0.39 is 5.82 Å². The molecule has 37 heavy (non-hydrogen) atoms. The molecule has 3 aromatic rings. The Kier molecular flexibility index (Phi) is 8.61. The summed E-state index contributed by atoms with van der Waals surface area (Å²) in [6, 6.07) is 9.72. The van der Waals surface area contributed by atoms with E-state index in [0.29, 0.717) is 37.8 Å². The zero-order valence-electron chi connectivity index (χ0n) is 20.7. The lowest BCUT2D eigenvalue weighted by Crippen LogP contribution is -2.37. The van der Waals surface area contributed by atoms with Crippen LogP contribution in [-0.4, -0.2) is 59.5 Å². The first kappa shape index (κ1) is 25.6. The largest absolute Gasteiger partial charge is 0.378 e. The molecule has 10 nitrogen and oxygen atoms in total. The molecule has 3 heterocycles. The highest BCUT2D eigenvalue weighted by atomic mass is 19.1. The van der Waals surface area contributed by atoms with Crippen LogP contribution in [0.5, 0.6) is 0 Å². The van der Waals surface area contributed by atoms with Gasteiger partial charge in [0.1, 0.15) is 0 Å². The summed E-state index contributed by atoms with van der Waals surface area (Å²) >= 11 is 0. The fraction of sp³-hybridized carbons (Fsp3) is 0.231. The molecular weight excluding hydrogens is 473 g/mol. The topological polar surface area (TPSA) is 112 Å². The Hall–Kier alpha value is -4.51. The summed E-state index contributed by atoms with van der Waals surface area (Å²) in [5.74, 6) is 0.528. The predicted octanol–water partition coefficient (Wildman–Crippen LogP) is 4.33. The second-order valence-electron chi connectivity index (χ2n) is 8.04. The molecule has 1 fully saturated rings. The Balaban J connectivity index is 1.40. The summed E-state index contributed by atoms with van der Waals surface area (Å²) in [5, 5.41) is 7.49. The van der Waals surface area contributed by atoms with Crippen molar-refractivity contribution in [3.63, 3.8) is 0 Å². The second-order valence-corrected chi connectivity index (χ2v) is 8.04. The molecule has 2 aromatic heterocycles. The van der Waals surface area contributed by atoms with Crippen LogP contribution in [0.2, 0.25) is 0 Å². The van der Waals surface area contributed by atoms with Gasteiger partial charge in [-0.1, -0.05) is 6.58 Å². The number of nitrogens with zero attached hydrogens (tertiary/aromatic N) is 7. The van der Waals surface area contributed by atoms with E-state index >= 15 is 0 Å². The number of aromatic nitrogens is 3. The van der Waals surface area contributed by atoms with Crippen molar-refractivity contribution in [2.24, 2.45) is 15.1 Å². The van der Waals surface area contributed by atoms with Crippen LogP contribution >= 0.6 is 0 Å². The molecule has 0 unspecified atom stereocenters. The Morgan fingerprint density at radius 1 is 1.14 bits per heavy atom. The highest BCUT2D eigenvalue weighted by molar-refractivity contribution is 6.04. The molecule has 0 saturated carbocycles. The number of anilines is 4. The number of rotatable bonds is 8. The van der Waals surface area contributed by atoms with E-state index in [9.17, 15) is 4.39 Å². The summed E-state index contributed by atoms with van der Waals surface area (Å²) in [4.78, 5) is 23.0. The van der Waals surface area contributed by atoms with Crippen molar-refractivity contribution in [2.75, 3.05) is 41.9 Å². The Morgan fingerprint density at radius 3 is 2.70 bits per heavy atom. The number of ether oxygens (including phenoxy) is 1. The summed E-state index contributed by atoms with van der Waals surface area (Å²) in [6.07, 6.45) is 7.55. The number of aliphatic imine (C=N–C) groups is 2. The van der Waals surface area contributed by atoms with Crippen LogP contribution in [0.4, 0.5) is 27.5 Å². The fourth-order valence-electron chi connectivity index (χ4n) is 3.66. The van der Waals surface area contributed by atoms with Crippen molar-refractivity contribution < 1.29 is 9.13 Å². The van der Waals surface area contributed by atoms with Gasteiger partial charge in [0.05, 0.1) is 43.2 Å². The molecule has 0 bridgehead atoms. The van der Waals surface area contributed by atoms with E-state index in [2.05, 4.69) is 47.4 Å². The molecule has 1 aliphatic rings. The molecular formula is C26H28FN9O. The van der Waals surface area contributed by atoms with Gasteiger partial charge >= 0.3 is 0 Å². The zero-order valence-corrected chi connectivity index (χ0v) is 20.7. The lowest BCUT2D eigenvalue weighted by Gasteiger charge is -2.27. The first-order valence-corrected chi connectivity index (χ1v) is 11.7. The van der Waals surface area contributed by atoms with Gasteiger partial charge in [0.2, 0.25) is 5.95 Å². The van der Waals surface area contributed by atoms with Crippen molar-refractivity contribution in [1.82, 2.24) is 15.0 Å². The normalized spacial score (nSPS) is 14.4. The molecule has 2 N–H and O–H groups in total. The van der Waals surface area contributed by atoms with Gasteiger partial charge < -0.3 is 15.0 Å². The van der Waals surface area contributed by atoms with Gasteiger partial charge in [0.25, 0.3) is 0 Å². The number of hydrogen-bond acceptors (Lipinski definition) is 9. The average Bonchev–Trinajstić information content (AvgIpc) is 2.91. The van der Waals surface area contributed by atoms with Gasteiger partial charge in [0.15, 0.2) is 17.5 Å². The summed E-state index contributed by atoms with van der Waals surface area (Å²) in [5.41, 5.74) is 6.98. The number of halogens is 1. The molecule has 1 aromatic carbocycles. The number of hydrazone groups is 1. The number of benzene rings is 1. The minimum atomic E-state index is -0.482. The third-order valence-electron chi connectivity index (χ3n) is 5.27. The van der Waals surface area contributed by atoms with Gasteiger partial charge in [-0.2, -0.15) is 10.1 Å². The summed E-state index contributed by atoms with van der Waals surface area (Å²) in [7, 11) is 0. The molecule has 1 saturated heterocycles. The standard InChI is InChI=1S/C26H28FN9O/c1-4-28-24(29-5-2)19-12-18(3)13-22(14-19)33-21-7-6-20(30-15-21)16-32-35-26-31-17-23(27)25(34-26)36-8-10-37-11-9-36/h4-7,12-17,33H,1,8-11H2,2-3H3,(H,31,34,35)/b28-24?,29-5?,32-16+. The van der Waals surface area contributed by atoms with E-state index in [1.54, 1.807) is 12.4 Å². The van der Waals surface area contributed by atoms with E-state index in [1.165, 1.54) is 12.4 Å². The van der Waals surface area contributed by atoms with Crippen molar-refractivity contribution in [2.45, 2.75) is 13.8 Å². The third-order valence-corrected chi connectivity index (χ3v) is 5.27. The number of morpholine rings is 1. The number of aryl methyl sites for hydroxylation is 1. The lowest BCUT2D eigenvalue weighted by atomic mass is 10.1. The van der Waals surface area contributed by atoms with Crippen molar-refractivity contribution in [1.29, 1.82) is 0 Å². The van der Waals surface area contributed by atoms with E-state index in [0.717, 1.165) is 28.7 Å². The van der Waals surface area contributed by atoms with Gasteiger partial charge in [-0.3, -0.25) is 4.98 Å². The van der Waals surface area contributed by atoms with E-state index in [4.69, 9.17) is 4.74 Å². The van der Waals surface area contributed by atoms with Gasteiger partial charge in [-0.15, -0.1) is 0 Å². The Morgan fingerprint density at radius 2 is 1.97 bits per heavy atom. The van der Waals surface area contributed by atoms with Crippen molar-refractivity contribution >= 4 is 41.4 Å². The van der Waals surface area contributed by atoms with Crippen molar-refractivity contribution in [3.05, 3.63) is 78.1 Å². The molecule has 1 aliphatic heterocycles. The minimum Gasteiger partial charge on any atom is -0.378 e. The fourth-order valence-corrected chi connectivity index (χ4v) is 3.66. The van der Waals surface area contributed by atoms with Crippen LogP contribution in [-0.2, 0) is 4.74 Å². The molecule has 0 radical (unpaired) electrons. The summed E-state index contributed by atoms with van der Waals surface area (Å²) < 4.78 is 19.5. The quantitative estimate of drug-likeness (QED) is 0.268. The van der Waals surface area contributed by atoms with Crippen molar-refractivity contribution in [3.8, 4) is 0 Å². The average molecular weight is 502 g/mol. The molecule has 190 valence electrons. The molecule has 0 aliphatic carbocycles.